The normalized spacial score (nSPS) is 14.1. The summed E-state index contributed by atoms with van der Waals surface area (Å²) in [6.45, 7) is 0. The van der Waals surface area contributed by atoms with Crippen LogP contribution >= 0.6 is 11.6 Å². The van der Waals surface area contributed by atoms with E-state index in [1.807, 2.05) is 0 Å². The lowest BCUT2D eigenvalue weighted by Crippen LogP contribution is -2.17. The number of hydrogen-bond acceptors (Lipinski definition) is 5. The topological polar surface area (TPSA) is 110 Å². The zero-order chi connectivity index (χ0) is 21.4. The van der Waals surface area contributed by atoms with Crippen molar-refractivity contribution >= 4 is 61.8 Å². The molecule has 3 heterocycles. The number of benzene rings is 2. The predicted molar refractivity (Wildman–Crippen MR) is 113 cm³/mol. The zero-order valence-corrected chi connectivity index (χ0v) is 16.4. The SMILES string of the molecule is O=C(O)Oc1cn(C2CC2)c2c(cc(F)c3nc4[nH]c5ccc(Cl)cc5c4nc32)c1=O. The molecule has 5 aromatic rings. The molecule has 0 saturated heterocycles. The third-order valence-electron chi connectivity index (χ3n) is 5.48. The summed E-state index contributed by atoms with van der Waals surface area (Å²) < 4.78 is 21.4. The van der Waals surface area contributed by atoms with Gasteiger partial charge in [-0.15, -0.1) is 0 Å². The van der Waals surface area contributed by atoms with Gasteiger partial charge < -0.3 is 19.4 Å². The average molecular weight is 439 g/mol. The lowest BCUT2D eigenvalue weighted by Gasteiger charge is -2.14. The number of pyridine rings is 1. The molecule has 8 nitrogen and oxygen atoms in total. The van der Waals surface area contributed by atoms with Crippen LogP contribution in [-0.4, -0.2) is 30.8 Å². The number of aromatic amines is 1. The summed E-state index contributed by atoms with van der Waals surface area (Å²) in [7, 11) is 0. The second-order valence-corrected chi connectivity index (χ2v) is 7.95. The molecule has 2 N–H and O–H groups in total. The van der Waals surface area contributed by atoms with Gasteiger partial charge in [0.2, 0.25) is 5.43 Å². The molecule has 2 aromatic carbocycles. The van der Waals surface area contributed by atoms with Gasteiger partial charge in [-0.25, -0.2) is 19.2 Å². The van der Waals surface area contributed by atoms with Crippen molar-refractivity contribution in [3.05, 3.63) is 51.5 Å². The van der Waals surface area contributed by atoms with Crippen molar-refractivity contribution in [3.63, 3.8) is 0 Å². The van der Waals surface area contributed by atoms with Gasteiger partial charge in [0.05, 0.1) is 17.1 Å². The Kier molecular flexibility index (Phi) is 3.58. The van der Waals surface area contributed by atoms with Crippen molar-refractivity contribution in [2.75, 3.05) is 0 Å². The molecule has 1 saturated carbocycles. The fourth-order valence-corrected chi connectivity index (χ4v) is 4.18. The molecule has 10 heteroatoms. The highest BCUT2D eigenvalue weighted by atomic mass is 35.5. The van der Waals surface area contributed by atoms with E-state index in [1.165, 1.54) is 6.20 Å². The number of carboxylic acid groups (broad SMARTS) is 1. The van der Waals surface area contributed by atoms with Crippen LogP contribution in [0.25, 0.3) is 44.0 Å². The summed E-state index contributed by atoms with van der Waals surface area (Å²) in [6, 6.07) is 6.35. The van der Waals surface area contributed by atoms with E-state index in [2.05, 4.69) is 19.7 Å². The van der Waals surface area contributed by atoms with E-state index >= 15 is 4.39 Å². The van der Waals surface area contributed by atoms with Crippen LogP contribution in [0.2, 0.25) is 5.02 Å². The Bertz CT molecular complexity index is 1660. The Morgan fingerprint density at radius 2 is 2.00 bits per heavy atom. The number of H-pyrrole nitrogens is 1. The molecule has 0 radical (unpaired) electrons. The molecule has 0 atom stereocenters. The van der Waals surface area contributed by atoms with Crippen molar-refractivity contribution in [1.29, 1.82) is 0 Å². The van der Waals surface area contributed by atoms with E-state index in [0.717, 1.165) is 29.8 Å². The van der Waals surface area contributed by atoms with Gasteiger partial charge in [0.1, 0.15) is 16.6 Å². The summed E-state index contributed by atoms with van der Waals surface area (Å²) in [5, 5.41) is 10.2. The molecular weight excluding hydrogens is 427 g/mol. The monoisotopic (exact) mass is 438 g/mol. The highest BCUT2D eigenvalue weighted by Crippen LogP contribution is 2.40. The summed E-state index contributed by atoms with van der Waals surface area (Å²) in [5.41, 5.74) is 1.54. The standard InChI is InChI=1S/C21H12ClFN4O4/c22-8-1-4-13-10(5-8)15-20(24-13)26-16-12(23)6-11-18(17(16)25-15)27(9-2-3-9)7-14(19(11)28)31-21(29)30/h1,4-7,9H,2-3H2,(H,24,26)(H,29,30). The molecule has 0 aliphatic heterocycles. The van der Waals surface area contributed by atoms with E-state index in [-0.39, 0.29) is 28.2 Å². The van der Waals surface area contributed by atoms with Gasteiger partial charge in [-0.2, -0.15) is 0 Å². The highest BCUT2D eigenvalue weighted by molar-refractivity contribution is 6.31. The van der Waals surface area contributed by atoms with E-state index in [1.54, 1.807) is 22.8 Å². The van der Waals surface area contributed by atoms with Crippen molar-refractivity contribution in [2.45, 2.75) is 18.9 Å². The van der Waals surface area contributed by atoms with Gasteiger partial charge in [-0.1, -0.05) is 11.6 Å². The molecule has 6 rings (SSSR count). The zero-order valence-electron chi connectivity index (χ0n) is 15.6. The quantitative estimate of drug-likeness (QED) is 0.303. The molecule has 154 valence electrons. The van der Waals surface area contributed by atoms with Crippen LogP contribution in [0.5, 0.6) is 5.75 Å². The van der Waals surface area contributed by atoms with Crippen LogP contribution in [0.1, 0.15) is 18.9 Å². The van der Waals surface area contributed by atoms with Gasteiger partial charge >= 0.3 is 6.16 Å². The third-order valence-corrected chi connectivity index (χ3v) is 5.72. The first-order valence-corrected chi connectivity index (χ1v) is 9.85. The molecule has 0 spiro atoms. The number of carbonyl (C=O) groups is 1. The number of fused-ring (bicyclic) bond motifs is 6. The summed E-state index contributed by atoms with van der Waals surface area (Å²) in [4.78, 5) is 36.1. The Labute approximate surface area is 176 Å². The van der Waals surface area contributed by atoms with Crippen molar-refractivity contribution in [1.82, 2.24) is 19.5 Å². The summed E-state index contributed by atoms with van der Waals surface area (Å²) >= 11 is 6.14. The summed E-state index contributed by atoms with van der Waals surface area (Å²) in [6.07, 6.45) is 1.41. The fraction of sp³-hybridized carbons (Fsp3) is 0.143. The van der Waals surface area contributed by atoms with Crippen LogP contribution in [0.3, 0.4) is 0 Å². The number of aromatic nitrogens is 4. The smallest absolute Gasteiger partial charge is 0.449 e. The first-order valence-electron chi connectivity index (χ1n) is 9.47. The van der Waals surface area contributed by atoms with Crippen molar-refractivity contribution < 1.29 is 19.0 Å². The molecule has 0 amide bonds. The van der Waals surface area contributed by atoms with Crippen LogP contribution < -0.4 is 10.2 Å². The minimum absolute atomic E-state index is 0.0119. The molecule has 0 bridgehead atoms. The van der Waals surface area contributed by atoms with Crippen LogP contribution in [0, 0.1) is 5.82 Å². The summed E-state index contributed by atoms with van der Waals surface area (Å²) in [5.74, 6) is -1.11. The number of halogens is 2. The number of rotatable bonds is 2. The Hall–Kier alpha value is -3.72. The molecular formula is C21H12ClFN4O4. The van der Waals surface area contributed by atoms with Crippen LogP contribution in [-0.2, 0) is 0 Å². The Morgan fingerprint density at radius 1 is 1.19 bits per heavy atom. The maximum absolute atomic E-state index is 15.0. The first-order chi connectivity index (χ1) is 14.9. The maximum atomic E-state index is 15.0. The van der Waals surface area contributed by atoms with E-state index in [4.69, 9.17) is 16.7 Å². The molecule has 31 heavy (non-hydrogen) atoms. The second-order valence-electron chi connectivity index (χ2n) is 7.52. The Morgan fingerprint density at radius 3 is 2.74 bits per heavy atom. The number of nitrogens with zero attached hydrogens (tertiary/aromatic N) is 3. The lowest BCUT2D eigenvalue weighted by atomic mass is 10.1. The van der Waals surface area contributed by atoms with Gasteiger partial charge in [-0.05, 0) is 37.1 Å². The predicted octanol–water partition coefficient (Wildman–Crippen LogP) is 4.76. The third kappa shape index (κ3) is 2.66. The molecule has 1 aliphatic carbocycles. The van der Waals surface area contributed by atoms with Crippen LogP contribution in [0.15, 0.2) is 35.3 Å². The molecule has 1 aliphatic rings. The van der Waals surface area contributed by atoms with E-state index in [0.29, 0.717) is 21.7 Å². The minimum atomic E-state index is -1.61. The first kappa shape index (κ1) is 18.1. The lowest BCUT2D eigenvalue weighted by molar-refractivity contribution is 0.143. The number of ether oxygens (including phenoxy) is 1. The number of nitrogens with one attached hydrogen (secondary N) is 1. The largest absolute Gasteiger partial charge is 0.511 e. The van der Waals surface area contributed by atoms with E-state index < -0.39 is 17.4 Å². The maximum Gasteiger partial charge on any atom is 0.511 e. The molecule has 0 unspecified atom stereocenters. The van der Waals surface area contributed by atoms with Crippen LogP contribution in [0.4, 0.5) is 9.18 Å². The van der Waals surface area contributed by atoms with Crippen molar-refractivity contribution in [3.8, 4) is 5.75 Å². The minimum Gasteiger partial charge on any atom is -0.449 e. The van der Waals surface area contributed by atoms with Crippen molar-refractivity contribution in [2.24, 2.45) is 0 Å². The van der Waals surface area contributed by atoms with Gasteiger partial charge in [-0.3, -0.25) is 4.79 Å². The Balaban J connectivity index is 1.80. The van der Waals surface area contributed by atoms with Gasteiger partial charge in [0.15, 0.2) is 17.2 Å². The van der Waals surface area contributed by atoms with Gasteiger partial charge in [0.25, 0.3) is 0 Å². The van der Waals surface area contributed by atoms with Gasteiger partial charge in [0, 0.05) is 22.0 Å². The van der Waals surface area contributed by atoms with E-state index in [9.17, 15) is 9.59 Å². The highest BCUT2D eigenvalue weighted by Gasteiger charge is 2.29. The molecule has 1 fully saturated rings. The number of hydrogen-bond donors (Lipinski definition) is 2. The molecule has 3 aromatic heterocycles. The fourth-order valence-electron chi connectivity index (χ4n) is 4.01. The second kappa shape index (κ2) is 6.14. The average Bonchev–Trinajstić information content (AvgIpc) is 3.51.